The maximum atomic E-state index is 12.9. The summed E-state index contributed by atoms with van der Waals surface area (Å²) in [6, 6.07) is 0.0234. The van der Waals surface area contributed by atoms with Gasteiger partial charge in [0.2, 0.25) is 5.91 Å². The average Bonchev–Trinajstić information content (AvgIpc) is 3.24. The highest BCUT2D eigenvalue weighted by Gasteiger charge is 2.38. The maximum Gasteiger partial charge on any atom is 0.410 e. The van der Waals surface area contributed by atoms with Crippen molar-refractivity contribution in [1.29, 1.82) is 0 Å². The van der Waals surface area contributed by atoms with E-state index in [1.165, 1.54) is 0 Å². The van der Waals surface area contributed by atoms with Gasteiger partial charge in [0.15, 0.2) is 8.32 Å². The van der Waals surface area contributed by atoms with Gasteiger partial charge in [-0.2, -0.15) is 5.10 Å². The summed E-state index contributed by atoms with van der Waals surface area (Å²) < 4.78 is 13.8. The molecule has 192 valence electrons. The second-order valence-corrected chi connectivity index (χ2v) is 16.9. The van der Waals surface area contributed by atoms with Gasteiger partial charge in [-0.15, -0.1) is 0 Å². The predicted molar refractivity (Wildman–Crippen MR) is 135 cm³/mol. The first-order chi connectivity index (χ1) is 15.6. The van der Waals surface area contributed by atoms with Crippen LogP contribution in [0.1, 0.15) is 60.6 Å². The number of ether oxygens (including phenoxy) is 1. The zero-order valence-electron chi connectivity index (χ0n) is 22.4. The fourth-order valence-corrected chi connectivity index (χ4v) is 5.09. The van der Waals surface area contributed by atoms with Gasteiger partial charge in [-0.1, -0.05) is 20.8 Å². The minimum atomic E-state index is -1.78. The summed E-state index contributed by atoms with van der Waals surface area (Å²) in [6.07, 6.45) is 1.85. The van der Waals surface area contributed by atoms with E-state index >= 15 is 0 Å². The topological polar surface area (TPSA) is 88.9 Å². The number of anilines is 1. The van der Waals surface area contributed by atoms with E-state index in [2.05, 4.69) is 44.3 Å². The fourth-order valence-electron chi connectivity index (χ4n) is 4.04. The van der Waals surface area contributed by atoms with Crippen molar-refractivity contribution in [2.45, 2.75) is 104 Å². The highest BCUT2D eigenvalue weighted by atomic mass is 28.4. The van der Waals surface area contributed by atoms with Gasteiger partial charge >= 0.3 is 6.09 Å². The molecule has 1 aromatic heterocycles. The van der Waals surface area contributed by atoms with Crippen molar-refractivity contribution < 1.29 is 18.8 Å². The second-order valence-electron chi connectivity index (χ2n) is 12.1. The highest BCUT2D eigenvalue weighted by Crippen LogP contribution is 2.36. The monoisotopic (exact) mass is 493 g/mol. The number of amides is 2. The molecule has 3 heterocycles. The molecule has 1 N–H and O–H groups in total. The van der Waals surface area contributed by atoms with E-state index in [9.17, 15) is 9.59 Å². The Bertz CT molecular complexity index is 902. The summed E-state index contributed by atoms with van der Waals surface area (Å²) in [4.78, 5) is 29.2. The lowest BCUT2D eigenvalue weighted by Gasteiger charge is -2.36. The molecule has 0 aliphatic carbocycles. The molecule has 0 saturated carbocycles. The number of carbonyl (C=O) groups excluding carboxylic acids is 2. The number of hydrogen-bond acceptors (Lipinski definition) is 6. The summed E-state index contributed by atoms with van der Waals surface area (Å²) in [5.74, 6) is 0.0704. The molecule has 2 amide bonds. The molecule has 2 unspecified atom stereocenters. The van der Waals surface area contributed by atoms with Gasteiger partial charge in [0.1, 0.15) is 5.60 Å². The standard InChI is InChI=1S/C24H43N5O4Si/c1-17-14-29-20(16-27(17)22(31)33-23(2,3)4)19(13-26-29)28-15-18(12-21(28)30)25-10-11-32-34(8,9)24(5,6)7/h13,17-18,25H,10-12,14-16H2,1-9H3. The first-order valence-electron chi connectivity index (χ1n) is 12.3. The Kier molecular flexibility index (Phi) is 7.55. The number of fused-ring (bicyclic) bond motifs is 1. The number of rotatable bonds is 6. The van der Waals surface area contributed by atoms with Gasteiger partial charge in [-0.05, 0) is 45.8 Å². The van der Waals surface area contributed by atoms with Gasteiger partial charge in [-0.25, -0.2) is 4.79 Å². The number of nitrogens with zero attached hydrogens (tertiary/aromatic N) is 4. The fraction of sp³-hybridized carbons (Fsp3) is 0.792. The Morgan fingerprint density at radius 1 is 1.21 bits per heavy atom. The molecule has 0 aromatic carbocycles. The Balaban J connectivity index is 1.61. The summed E-state index contributed by atoms with van der Waals surface area (Å²) in [5, 5.41) is 8.18. The van der Waals surface area contributed by atoms with Crippen molar-refractivity contribution in [3.63, 3.8) is 0 Å². The minimum absolute atomic E-state index is 0.0419. The van der Waals surface area contributed by atoms with Crippen molar-refractivity contribution >= 4 is 26.0 Å². The van der Waals surface area contributed by atoms with E-state index in [-0.39, 0.29) is 29.1 Å². The molecular formula is C24H43N5O4Si. The molecule has 1 aromatic rings. The Morgan fingerprint density at radius 3 is 2.50 bits per heavy atom. The van der Waals surface area contributed by atoms with E-state index in [0.29, 0.717) is 39.2 Å². The molecule has 3 rings (SSSR count). The Labute approximate surface area is 205 Å². The smallest absolute Gasteiger partial charge is 0.410 e. The van der Waals surface area contributed by atoms with Crippen LogP contribution in [0, 0.1) is 0 Å². The number of aromatic nitrogens is 2. The van der Waals surface area contributed by atoms with E-state index < -0.39 is 13.9 Å². The van der Waals surface area contributed by atoms with Crippen LogP contribution in [0.25, 0.3) is 0 Å². The van der Waals surface area contributed by atoms with Crippen molar-refractivity contribution in [3.8, 4) is 0 Å². The zero-order valence-corrected chi connectivity index (χ0v) is 23.4. The van der Waals surface area contributed by atoms with Crippen molar-refractivity contribution in [2.75, 3.05) is 24.6 Å². The summed E-state index contributed by atoms with van der Waals surface area (Å²) >= 11 is 0. The molecule has 0 radical (unpaired) electrons. The minimum Gasteiger partial charge on any atom is -0.444 e. The molecule has 1 fully saturated rings. The van der Waals surface area contributed by atoms with Crippen LogP contribution in [-0.2, 0) is 27.0 Å². The predicted octanol–water partition coefficient (Wildman–Crippen LogP) is 3.74. The molecule has 2 aliphatic heterocycles. The molecule has 1 saturated heterocycles. The first kappa shape index (κ1) is 26.7. The number of hydrogen-bond donors (Lipinski definition) is 1. The lowest BCUT2D eigenvalue weighted by atomic mass is 10.2. The first-order valence-corrected chi connectivity index (χ1v) is 15.2. The lowest BCUT2D eigenvalue weighted by molar-refractivity contribution is -0.117. The second kappa shape index (κ2) is 9.62. The summed E-state index contributed by atoms with van der Waals surface area (Å²) in [5.41, 5.74) is 1.10. The Morgan fingerprint density at radius 2 is 1.88 bits per heavy atom. The van der Waals surface area contributed by atoms with Gasteiger partial charge in [0, 0.05) is 32.2 Å². The zero-order chi connectivity index (χ0) is 25.5. The third-order valence-corrected chi connectivity index (χ3v) is 11.6. The molecule has 0 spiro atoms. The largest absolute Gasteiger partial charge is 0.444 e. The maximum absolute atomic E-state index is 12.9. The van der Waals surface area contributed by atoms with Gasteiger partial charge in [0.05, 0.1) is 36.7 Å². The van der Waals surface area contributed by atoms with Crippen LogP contribution >= 0.6 is 0 Å². The summed E-state index contributed by atoms with van der Waals surface area (Å²) in [6.45, 7) is 21.7. The van der Waals surface area contributed by atoms with Crippen LogP contribution in [0.15, 0.2) is 6.20 Å². The van der Waals surface area contributed by atoms with Gasteiger partial charge in [0.25, 0.3) is 0 Å². The molecule has 2 atom stereocenters. The van der Waals surface area contributed by atoms with Crippen LogP contribution in [0.2, 0.25) is 18.1 Å². The van der Waals surface area contributed by atoms with Gasteiger partial charge < -0.3 is 19.4 Å². The Hall–Kier alpha value is -1.91. The molecule has 0 bridgehead atoms. The molecule has 2 aliphatic rings. The van der Waals surface area contributed by atoms with E-state index in [0.717, 1.165) is 11.4 Å². The molecular weight excluding hydrogens is 450 g/mol. The van der Waals surface area contributed by atoms with Crippen LogP contribution < -0.4 is 10.2 Å². The van der Waals surface area contributed by atoms with Crippen LogP contribution in [0.3, 0.4) is 0 Å². The SMILES string of the molecule is CC1Cn2ncc(N3CC(NCCO[Si](C)(C)C(C)(C)C)CC3=O)c2CN1C(=O)OC(C)(C)C. The molecule has 9 nitrogen and oxygen atoms in total. The van der Waals surface area contributed by atoms with E-state index in [1.54, 1.807) is 16.0 Å². The third-order valence-electron chi connectivity index (χ3n) is 7.06. The lowest BCUT2D eigenvalue weighted by Crippen LogP contribution is -2.47. The van der Waals surface area contributed by atoms with Crippen LogP contribution in [-0.4, -0.2) is 72.4 Å². The normalized spacial score (nSPS) is 21.7. The third kappa shape index (κ3) is 6.01. The van der Waals surface area contributed by atoms with Gasteiger partial charge in [-0.3, -0.25) is 14.4 Å². The molecule has 34 heavy (non-hydrogen) atoms. The molecule has 10 heteroatoms. The van der Waals surface area contributed by atoms with Crippen molar-refractivity contribution in [3.05, 3.63) is 11.9 Å². The van der Waals surface area contributed by atoms with Crippen LogP contribution in [0.5, 0.6) is 0 Å². The van der Waals surface area contributed by atoms with Crippen molar-refractivity contribution in [1.82, 2.24) is 20.0 Å². The van der Waals surface area contributed by atoms with E-state index in [1.807, 2.05) is 32.4 Å². The van der Waals surface area contributed by atoms with E-state index in [4.69, 9.17) is 9.16 Å². The number of nitrogens with one attached hydrogen (secondary N) is 1. The average molecular weight is 494 g/mol. The van der Waals surface area contributed by atoms with Crippen molar-refractivity contribution in [2.24, 2.45) is 0 Å². The quantitative estimate of drug-likeness (QED) is 0.480. The van der Waals surface area contributed by atoms with Crippen LogP contribution in [0.4, 0.5) is 10.5 Å². The highest BCUT2D eigenvalue weighted by molar-refractivity contribution is 6.74. The number of carbonyl (C=O) groups is 2. The summed E-state index contributed by atoms with van der Waals surface area (Å²) in [7, 11) is -1.78.